The molecule has 26 heavy (non-hydrogen) atoms. The van der Waals surface area contributed by atoms with Crippen molar-refractivity contribution in [2.24, 2.45) is 0 Å². The summed E-state index contributed by atoms with van der Waals surface area (Å²) >= 11 is 11.5. The van der Waals surface area contributed by atoms with Gasteiger partial charge in [-0.15, -0.1) is 0 Å². The molecule has 0 spiro atoms. The highest BCUT2D eigenvalue weighted by molar-refractivity contribution is 6.41. The fourth-order valence-electron chi connectivity index (χ4n) is 2.32. The van der Waals surface area contributed by atoms with Gasteiger partial charge in [0.15, 0.2) is 6.61 Å². The third-order valence-electron chi connectivity index (χ3n) is 3.62. The number of para-hydroxylation sites is 1. The van der Waals surface area contributed by atoms with Crippen LogP contribution in [0.4, 0.5) is 0 Å². The largest absolute Gasteiger partial charge is 0.459 e. The number of halogens is 2. The number of carbonyl (C=O) groups excluding carboxylic acids is 2. The predicted octanol–water partition coefficient (Wildman–Crippen LogP) is 4.17. The van der Waals surface area contributed by atoms with Crippen LogP contribution < -0.4 is 5.32 Å². The molecule has 0 unspecified atom stereocenters. The number of ether oxygens (including phenoxy) is 1. The van der Waals surface area contributed by atoms with Crippen LogP contribution in [0.2, 0.25) is 10.2 Å². The van der Waals surface area contributed by atoms with E-state index in [9.17, 15) is 9.59 Å². The molecule has 0 radical (unpaired) electrons. The van der Waals surface area contributed by atoms with E-state index in [1.54, 1.807) is 6.92 Å². The Bertz CT molecular complexity index is 938. The van der Waals surface area contributed by atoms with Crippen molar-refractivity contribution in [2.75, 3.05) is 6.61 Å². The molecule has 0 aliphatic rings. The van der Waals surface area contributed by atoms with Crippen LogP contribution in [-0.2, 0) is 9.53 Å². The number of esters is 1. The number of aromatic nitrogens is 1. The molecule has 6 nitrogen and oxygen atoms in total. The predicted molar refractivity (Wildman–Crippen MR) is 97.3 cm³/mol. The summed E-state index contributed by atoms with van der Waals surface area (Å²) in [4.78, 5) is 27.7. The van der Waals surface area contributed by atoms with Gasteiger partial charge in [0.2, 0.25) is 0 Å². The molecule has 0 aliphatic heterocycles. The van der Waals surface area contributed by atoms with Crippen LogP contribution in [0, 0.1) is 0 Å². The van der Waals surface area contributed by atoms with Gasteiger partial charge in [-0.3, -0.25) is 4.79 Å². The van der Waals surface area contributed by atoms with Gasteiger partial charge >= 0.3 is 5.97 Å². The SMILES string of the molecule is C[C@@H](NC(=O)COC(=O)c1cnc(Cl)c(Cl)c1)c1cc2ccccc2o1. The molecule has 1 N–H and O–H groups in total. The van der Waals surface area contributed by atoms with Gasteiger partial charge < -0.3 is 14.5 Å². The van der Waals surface area contributed by atoms with E-state index < -0.39 is 18.5 Å². The Hall–Kier alpha value is -2.57. The van der Waals surface area contributed by atoms with Gasteiger partial charge in [0.25, 0.3) is 5.91 Å². The van der Waals surface area contributed by atoms with E-state index >= 15 is 0 Å². The molecule has 0 fully saturated rings. The first-order chi connectivity index (χ1) is 12.4. The van der Waals surface area contributed by atoms with E-state index in [-0.39, 0.29) is 21.8 Å². The molecule has 2 heterocycles. The van der Waals surface area contributed by atoms with Crippen LogP contribution in [-0.4, -0.2) is 23.5 Å². The second-order valence-corrected chi connectivity index (χ2v) is 6.31. The smallest absolute Gasteiger partial charge is 0.340 e. The maximum atomic E-state index is 12.0. The zero-order valence-corrected chi connectivity index (χ0v) is 15.2. The van der Waals surface area contributed by atoms with Crippen LogP contribution >= 0.6 is 23.2 Å². The van der Waals surface area contributed by atoms with Crippen LogP contribution in [0.25, 0.3) is 11.0 Å². The van der Waals surface area contributed by atoms with Gasteiger partial charge in [-0.1, -0.05) is 41.4 Å². The van der Waals surface area contributed by atoms with E-state index in [4.69, 9.17) is 32.4 Å². The van der Waals surface area contributed by atoms with Gasteiger partial charge in [-0.25, -0.2) is 9.78 Å². The molecule has 1 amide bonds. The van der Waals surface area contributed by atoms with Crippen molar-refractivity contribution in [2.45, 2.75) is 13.0 Å². The Kier molecular flexibility index (Phi) is 5.44. The molecule has 0 bridgehead atoms. The fourth-order valence-corrected chi connectivity index (χ4v) is 2.59. The summed E-state index contributed by atoms with van der Waals surface area (Å²) in [6.45, 7) is 1.34. The number of furan rings is 1. The highest BCUT2D eigenvalue weighted by atomic mass is 35.5. The number of hydrogen-bond acceptors (Lipinski definition) is 5. The number of benzene rings is 1. The molecular formula is C18H14Cl2N2O4. The summed E-state index contributed by atoms with van der Waals surface area (Å²) in [7, 11) is 0. The molecule has 3 aromatic rings. The van der Waals surface area contributed by atoms with Crippen LogP contribution in [0.1, 0.15) is 29.1 Å². The quantitative estimate of drug-likeness (QED) is 0.520. The van der Waals surface area contributed by atoms with Crippen molar-refractivity contribution in [1.29, 1.82) is 0 Å². The van der Waals surface area contributed by atoms with Gasteiger partial charge in [0.1, 0.15) is 16.5 Å². The summed E-state index contributed by atoms with van der Waals surface area (Å²) in [5, 5.41) is 3.87. The fraction of sp³-hybridized carbons (Fsp3) is 0.167. The monoisotopic (exact) mass is 392 g/mol. The zero-order chi connectivity index (χ0) is 18.7. The molecule has 8 heteroatoms. The molecule has 134 valence electrons. The third-order valence-corrected chi connectivity index (χ3v) is 4.30. The van der Waals surface area contributed by atoms with Crippen molar-refractivity contribution in [3.05, 3.63) is 64.1 Å². The maximum absolute atomic E-state index is 12.0. The third kappa shape index (κ3) is 4.15. The van der Waals surface area contributed by atoms with Crippen molar-refractivity contribution < 1.29 is 18.7 Å². The lowest BCUT2D eigenvalue weighted by Crippen LogP contribution is -2.31. The van der Waals surface area contributed by atoms with Crippen LogP contribution in [0.15, 0.2) is 47.0 Å². The minimum Gasteiger partial charge on any atom is -0.459 e. The van der Waals surface area contributed by atoms with Crippen LogP contribution in [0.3, 0.4) is 0 Å². The van der Waals surface area contributed by atoms with E-state index in [1.165, 1.54) is 12.3 Å². The summed E-state index contributed by atoms with van der Waals surface area (Å²) in [5.41, 5.74) is 0.847. The number of hydrogen-bond donors (Lipinski definition) is 1. The maximum Gasteiger partial charge on any atom is 0.340 e. The lowest BCUT2D eigenvalue weighted by molar-refractivity contribution is -0.125. The molecule has 0 saturated carbocycles. The minimum atomic E-state index is -0.720. The van der Waals surface area contributed by atoms with Gasteiger partial charge in [-0.05, 0) is 25.1 Å². The second-order valence-electron chi connectivity index (χ2n) is 5.55. The van der Waals surface area contributed by atoms with Gasteiger partial charge in [-0.2, -0.15) is 0 Å². The Balaban J connectivity index is 1.56. The lowest BCUT2D eigenvalue weighted by atomic mass is 10.2. The highest BCUT2D eigenvalue weighted by Crippen LogP contribution is 2.23. The van der Waals surface area contributed by atoms with Crippen molar-refractivity contribution in [3.63, 3.8) is 0 Å². The van der Waals surface area contributed by atoms with Crippen LogP contribution in [0.5, 0.6) is 0 Å². The molecule has 0 aliphatic carbocycles. The molecule has 0 saturated heterocycles. The Labute approximate surface area is 159 Å². The minimum absolute atomic E-state index is 0.0839. The Morgan fingerprint density at radius 3 is 2.77 bits per heavy atom. The number of carbonyl (C=O) groups is 2. The summed E-state index contributed by atoms with van der Waals surface area (Å²) in [5.74, 6) is -0.568. The van der Waals surface area contributed by atoms with Gasteiger partial charge in [0, 0.05) is 11.6 Å². The van der Waals surface area contributed by atoms with E-state index in [0.717, 1.165) is 11.0 Å². The van der Waals surface area contributed by atoms with E-state index in [1.807, 2.05) is 30.3 Å². The molecule has 1 atom stereocenters. The van der Waals surface area contributed by atoms with Crippen molar-refractivity contribution >= 4 is 46.0 Å². The summed E-state index contributed by atoms with van der Waals surface area (Å²) < 4.78 is 10.6. The first-order valence-electron chi connectivity index (χ1n) is 7.70. The molecule has 3 rings (SSSR count). The first-order valence-corrected chi connectivity index (χ1v) is 8.45. The highest BCUT2D eigenvalue weighted by Gasteiger charge is 2.16. The number of nitrogens with zero attached hydrogens (tertiary/aromatic N) is 1. The average molecular weight is 393 g/mol. The van der Waals surface area contributed by atoms with E-state index in [2.05, 4.69) is 10.3 Å². The molecular weight excluding hydrogens is 379 g/mol. The van der Waals surface area contributed by atoms with Crippen molar-refractivity contribution in [1.82, 2.24) is 10.3 Å². The topological polar surface area (TPSA) is 81.4 Å². The normalized spacial score (nSPS) is 12.0. The Morgan fingerprint density at radius 2 is 2.04 bits per heavy atom. The molecule has 1 aromatic carbocycles. The van der Waals surface area contributed by atoms with Crippen molar-refractivity contribution in [3.8, 4) is 0 Å². The van der Waals surface area contributed by atoms with E-state index in [0.29, 0.717) is 5.76 Å². The number of pyridine rings is 1. The molecule has 2 aromatic heterocycles. The Morgan fingerprint density at radius 1 is 1.27 bits per heavy atom. The zero-order valence-electron chi connectivity index (χ0n) is 13.7. The standard InChI is InChI=1S/C18H14Cl2N2O4/c1-10(15-7-11-4-2-3-5-14(11)26-15)22-16(23)9-25-18(24)12-6-13(19)17(20)21-8-12/h2-8,10H,9H2,1H3,(H,22,23)/t10-/m1/s1. The van der Waals surface area contributed by atoms with Gasteiger partial charge in [0.05, 0.1) is 16.6 Å². The lowest BCUT2D eigenvalue weighted by Gasteiger charge is -2.11. The summed E-state index contributed by atoms with van der Waals surface area (Å²) in [6.07, 6.45) is 1.23. The number of rotatable bonds is 5. The second kappa shape index (κ2) is 7.76. The number of nitrogens with one attached hydrogen (secondary N) is 1. The first kappa shape index (κ1) is 18.2. The number of fused-ring (bicyclic) bond motifs is 1. The summed E-state index contributed by atoms with van der Waals surface area (Å²) in [6, 6.07) is 10.4. The number of amides is 1. The average Bonchev–Trinajstić information content (AvgIpc) is 3.06.